The Hall–Kier alpha value is -3.00. The second kappa shape index (κ2) is 11.0. The molecule has 12 heteroatoms. The summed E-state index contributed by atoms with van der Waals surface area (Å²) in [7, 11) is 0. The van der Waals surface area contributed by atoms with Crippen molar-refractivity contribution in [3.63, 3.8) is 0 Å². The zero-order valence-electron chi connectivity index (χ0n) is 17.1. The van der Waals surface area contributed by atoms with Crippen molar-refractivity contribution in [3.05, 3.63) is 47.8 Å². The molecule has 8 N–H and O–H groups in total. The standard InChI is InChI=1S/C20H26N4O8/c25-7-19(8-26,9-27)23-17(31)13-1-3-15(21-5-13)16-4-2-14(6-22-16)18(32)24-20(10-28,11-29)12-30/h1-6,25-30H,7-12H2,(H,23,31)(H,24,32). The van der Waals surface area contributed by atoms with Gasteiger partial charge in [-0.1, -0.05) is 0 Å². The van der Waals surface area contributed by atoms with E-state index < -0.39 is 62.5 Å². The summed E-state index contributed by atoms with van der Waals surface area (Å²) in [5, 5.41) is 60.6. The number of nitrogens with one attached hydrogen (secondary N) is 2. The molecular formula is C20H26N4O8. The van der Waals surface area contributed by atoms with Gasteiger partial charge in [0.25, 0.3) is 11.8 Å². The Balaban J connectivity index is 2.12. The SMILES string of the molecule is O=C(NC(CO)(CO)CO)c1ccc(-c2ccc(C(=O)NC(CO)(CO)CO)cn2)nc1. The molecule has 32 heavy (non-hydrogen) atoms. The van der Waals surface area contributed by atoms with Gasteiger partial charge in [-0.15, -0.1) is 0 Å². The van der Waals surface area contributed by atoms with Crippen LogP contribution in [0, 0.1) is 0 Å². The first-order chi connectivity index (χ1) is 15.3. The molecule has 2 aromatic rings. The molecule has 0 radical (unpaired) electrons. The second-order valence-electron chi connectivity index (χ2n) is 7.28. The third kappa shape index (κ3) is 5.62. The summed E-state index contributed by atoms with van der Waals surface area (Å²) in [6, 6.07) is 5.89. The smallest absolute Gasteiger partial charge is 0.253 e. The fraction of sp³-hybridized carbons (Fsp3) is 0.400. The summed E-state index contributed by atoms with van der Waals surface area (Å²) >= 11 is 0. The minimum atomic E-state index is -1.56. The van der Waals surface area contributed by atoms with E-state index in [9.17, 15) is 40.2 Å². The number of aliphatic hydroxyl groups excluding tert-OH is 6. The predicted octanol–water partition coefficient (Wildman–Crippen LogP) is -2.97. The summed E-state index contributed by atoms with van der Waals surface area (Å²) in [4.78, 5) is 32.9. The van der Waals surface area contributed by atoms with E-state index in [1.54, 1.807) is 0 Å². The fourth-order valence-corrected chi connectivity index (χ4v) is 2.52. The van der Waals surface area contributed by atoms with Gasteiger partial charge in [-0.05, 0) is 24.3 Å². The van der Waals surface area contributed by atoms with Crippen molar-refractivity contribution in [2.75, 3.05) is 39.6 Å². The molecule has 0 spiro atoms. The number of aliphatic hydroxyl groups is 6. The van der Waals surface area contributed by atoms with Crippen LogP contribution >= 0.6 is 0 Å². The van der Waals surface area contributed by atoms with Gasteiger partial charge >= 0.3 is 0 Å². The lowest BCUT2D eigenvalue weighted by molar-refractivity contribution is 0.0375. The average Bonchev–Trinajstić information content (AvgIpc) is 2.86. The van der Waals surface area contributed by atoms with E-state index in [1.807, 2.05) is 0 Å². The highest BCUT2D eigenvalue weighted by Crippen LogP contribution is 2.16. The minimum Gasteiger partial charge on any atom is -0.394 e. The minimum absolute atomic E-state index is 0.123. The zero-order valence-corrected chi connectivity index (χ0v) is 17.1. The Labute approximate surface area is 183 Å². The van der Waals surface area contributed by atoms with E-state index in [0.717, 1.165) is 0 Å². The molecule has 2 aromatic heterocycles. The highest BCUT2D eigenvalue weighted by atomic mass is 16.3. The van der Waals surface area contributed by atoms with Gasteiger partial charge in [-0.2, -0.15) is 0 Å². The first kappa shape index (κ1) is 25.3. The van der Waals surface area contributed by atoms with Crippen LogP contribution in [0.4, 0.5) is 0 Å². The van der Waals surface area contributed by atoms with Gasteiger partial charge in [0.05, 0.1) is 62.2 Å². The van der Waals surface area contributed by atoms with Crippen molar-refractivity contribution >= 4 is 11.8 Å². The van der Waals surface area contributed by atoms with Gasteiger partial charge in [0.1, 0.15) is 11.1 Å². The van der Waals surface area contributed by atoms with Crippen LogP contribution in [-0.4, -0.2) is 103 Å². The molecular weight excluding hydrogens is 424 g/mol. The number of rotatable bonds is 11. The van der Waals surface area contributed by atoms with Crippen LogP contribution in [0.25, 0.3) is 11.4 Å². The largest absolute Gasteiger partial charge is 0.394 e. The van der Waals surface area contributed by atoms with Crippen molar-refractivity contribution < 1.29 is 40.2 Å². The lowest BCUT2D eigenvalue weighted by atomic mass is 10.0. The summed E-state index contributed by atoms with van der Waals surface area (Å²) in [6.45, 7) is -3.93. The Kier molecular flexibility index (Phi) is 8.72. The normalized spacial score (nSPS) is 11.8. The van der Waals surface area contributed by atoms with Gasteiger partial charge in [-0.3, -0.25) is 19.6 Å². The number of aromatic nitrogens is 2. The molecule has 12 nitrogen and oxygen atoms in total. The van der Waals surface area contributed by atoms with E-state index in [4.69, 9.17) is 0 Å². The molecule has 2 amide bonds. The number of nitrogens with zero attached hydrogens (tertiary/aromatic N) is 2. The van der Waals surface area contributed by atoms with Crippen LogP contribution in [0.2, 0.25) is 0 Å². The van der Waals surface area contributed by atoms with Crippen LogP contribution in [0.15, 0.2) is 36.7 Å². The summed E-state index contributed by atoms with van der Waals surface area (Å²) in [5.74, 6) is -1.30. The van der Waals surface area contributed by atoms with Crippen LogP contribution in [0.3, 0.4) is 0 Å². The van der Waals surface area contributed by atoms with E-state index in [0.29, 0.717) is 11.4 Å². The molecule has 0 aromatic carbocycles. The molecule has 0 unspecified atom stereocenters. The van der Waals surface area contributed by atoms with Crippen LogP contribution in [0.1, 0.15) is 20.7 Å². The number of carbonyl (C=O) groups excluding carboxylic acids is 2. The second-order valence-corrected chi connectivity index (χ2v) is 7.28. The van der Waals surface area contributed by atoms with E-state index in [-0.39, 0.29) is 11.1 Å². The monoisotopic (exact) mass is 450 g/mol. The van der Waals surface area contributed by atoms with Crippen molar-refractivity contribution in [2.24, 2.45) is 0 Å². The molecule has 0 aliphatic rings. The Morgan fingerprint density at radius 2 is 0.938 bits per heavy atom. The maximum Gasteiger partial charge on any atom is 0.253 e. The van der Waals surface area contributed by atoms with Crippen molar-refractivity contribution in [1.82, 2.24) is 20.6 Å². The van der Waals surface area contributed by atoms with Gasteiger partial charge in [0.2, 0.25) is 0 Å². The van der Waals surface area contributed by atoms with E-state index >= 15 is 0 Å². The molecule has 0 bridgehead atoms. The van der Waals surface area contributed by atoms with Crippen molar-refractivity contribution in [1.29, 1.82) is 0 Å². The highest BCUT2D eigenvalue weighted by Gasteiger charge is 2.31. The fourth-order valence-electron chi connectivity index (χ4n) is 2.52. The van der Waals surface area contributed by atoms with Crippen LogP contribution in [-0.2, 0) is 0 Å². The van der Waals surface area contributed by atoms with Gasteiger partial charge in [0, 0.05) is 12.4 Å². The Bertz CT molecular complexity index is 805. The summed E-state index contributed by atoms with van der Waals surface area (Å²) in [6.07, 6.45) is 2.50. The molecule has 2 heterocycles. The Morgan fingerprint density at radius 3 is 1.16 bits per heavy atom. The quantitative estimate of drug-likeness (QED) is 0.174. The molecule has 0 saturated carbocycles. The Morgan fingerprint density at radius 1 is 0.625 bits per heavy atom. The molecule has 0 saturated heterocycles. The van der Waals surface area contributed by atoms with Gasteiger partial charge in [-0.25, -0.2) is 0 Å². The molecule has 0 fully saturated rings. The first-order valence-corrected chi connectivity index (χ1v) is 9.54. The molecule has 174 valence electrons. The van der Waals surface area contributed by atoms with Gasteiger partial charge in [0.15, 0.2) is 0 Å². The number of amides is 2. The molecule has 0 aliphatic carbocycles. The first-order valence-electron chi connectivity index (χ1n) is 9.54. The topological polar surface area (TPSA) is 205 Å². The average molecular weight is 450 g/mol. The molecule has 0 atom stereocenters. The van der Waals surface area contributed by atoms with E-state index in [2.05, 4.69) is 20.6 Å². The van der Waals surface area contributed by atoms with Gasteiger partial charge < -0.3 is 41.3 Å². The van der Waals surface area contributed by atoms with Crippen molar-refractivity contribution in [3.8, 4) is 11.4 Å². The van der Waals surface area contributed by atoms with Crippen LogP contribution in [0.5, 0.6) is 0 Å². The molecule has 2 rings (SSSR count). The van der Waals surface area contributed by atoms with Crippen LogP contribution < -0.4 is 10.6 Å². The third-order valence-corrected chi connectivity index (χ3v) is 4.89. The molecule has 0 aliphatic heterocycles. The third-order valence-electron chi connectivity index (χ3n) is 4.89. The lowest BCUT2D eigenvalue weighted by Gasteiger charge is -2.28. The van der Waals surface area contributed by atoms with E-state index in [1.165, 1.54) is 36.7 Å². The summed E-state index contributed by atoms with van der Waals surface area (Å²) < 4.78 is 0. The predicted molar refractivity (Wildman–Crippen MR) is 110 cm³/mol. The zero-order chi connectivity index (χ0) is 23.8. The number of hydrogen-bond acceptors (Lipinski definition) is 10. The maximum atomic E-state index is 12.3. The lowest BCUT2D eigenvalue weighted by Crippen LogP contribution is -2.57. The number of pyridine rings is 2. The summed E-state index contributed by atoms with van der Waals surface area (Å²) in [5.41, 5.74) is -2.10. The number of hydrogen-bond donors (Lipinski definition) is 8. The number of carbonyl (C=O) groups is 2. The van der Waals surface area contributed by atoms with Crippen molar-refractivity contribution in [2.45, 2.75) is 11.1 Å². The maximum absolute atomic E-state index is 12.3. The highest BCUT2D eigenvalue weighted by molar-refractivity contribution is 5.95.